The average Bonchev–Trinajstić information content (AvgIpc) is 1.71. The summed E-state index contributed by atoms with van der Waals surface area (Å²) in [6.45, 7) is 1.96. The third-order valence-corrected chi connectivity index (χ3v) is 18.7. The van der Waals surface area contributed by atoms with E-state index in [9.17, 15) is 72.9 Å². The summed E-state index contributed by atoms with van der Waals surface area (Å²) >= 11 is 0. The Bertz CT molecular complexity index is 4170. The van der Waals surface area contributed by atoms with E-state index in [-0.39, 0.29) is 70.9 Å². The first-order valence-electron chi connectivity index (χ1n) is 37.8. The fourth-order valence-electron chi connectivity index (χ4n) is 12.3. The fourth-order valence-corrected chi connectivity index (χ4v) is 12.3. The molecule has 15 atom stereocenters. The minimum absolute atomic E-state index is 0.110. The zero-order valence-corrected chi connectivity index (χ0v) is 64.2. The van der Waals surface area contributed by atoms with E-state index in [1.54, 1.807) is 121 Å². The summed E-state index contributed by atoms with van der Waals surface area (Å²) in [5, 5.41) is 66.0. The van der Waals surface area contributed by atoms with E-state index in [2.05, 4.69) is 74.1 Å². The van der Waals surface area contributed by atoms with Crippen LogP contribution in [0.15, 0.2) is 134 Å². The van der Waals surface area contributed by atoms with Crippen molar-refractivity contribution in [3.05, 3.63) is 156 Å². The fraction of sp³-hybridized carbons (Fsp3) is 0.449. The molecular weight excluding hydrogens is 1490 g/mol. The molecule has 622 valence electrons. The number of nitrogens with two attached hydrogens (primary N) is 5. The number of rotatable bonds is 26. The summed E-state index contributed by atoms with van der Waals surface area (Å²) in [7, 11) is 0. The van der Waals surface area contributed by atoms with Gasteiger partial charge in [-0.1, -0.05) is 121 Å². The van der Waals surface area contributed by atoms with Crippen LogP contribution in [0.4, 0.5) is 0 Å². The Balaban J connectivity index is 1.48. The second kappa shape index (κ2) is 46.8. The molecule has 0 fully saturated rings. The Kier molecular flexibility index (Phi) is 37.4. The van der Waals surface area contributed by atoms with Crippen LogP contribution in [0.5, 0.6) is 0 Å². The first-order chi connectivity index (χ1) is 54.9. The van der Waals surface area contributed by atoms with Crippen molar-refractivity contribution in [2.75, 3.05) is 26.2 Å². The van der Waals surface area contributed by atoms with Crippen molar-refractivity contribution in [3.8, 4) is 0 Å². The molecule has 1 aliphatic heterocycles. The number of carbonyl (C=O) groups is 15. The molecule has 2 heterocycles. The van der Waals surface area contributed by atoms with E-state index in [0.717, 1.165) is 13.8 Å². The van der Waals surface area contributed by atoms with Gasteiger partial charge in [0, 0.05) is 42.8 Å². The number of aliphatic hydroxyl groups is 3. The standard InChI is InChI=1S/C78H107N19O18/c1-43(81)67(104)85-41-63(102)86-53-30-16-15-29-52(66(83)103)87-76(113)61(42-98)95-78(115)65(45(3)100)97-75(112)58(37-48-25-11-6-12-26-48)94-77(114)64(44(2)99)96-70(107)55(32-18-20-34-80)89-73(110)59(38-49-40-84-51-28-14-13-27-50(49)51)92-72(109)57(36-47-23-9-5-10-24-47)90-71(108)56(35-46-21-7-4-8-22-46)91-74(111)60(39-62(82)101)93-69(106)54(88-68(53)105)31-17-19-33-79/h4-16,21-28,40,43-45,52-61,64-65,84,98-100H,17-20,29-39,41-42,79-81H2,1-3H3,(H2,82,101)(H2,83,103)(H,85,104)(H,86,102)(H,87,113)(H,88,105)(H,89,110)(H,90,108)(H,91,111)(H,92,109)(H,93,106)(H,94,114)(H,95,115)(H,96,107)(H,97,112)/b16-15-/t43-,44+,45+,52-,53-,54-,55-,56-,57-,58-,59-,60-,61-,64-,65-/m0/s1. The van der Waals surface area contributed by atoms with Crippen LogP contribution in [0.3, 0.4) is 0 Å². The van der Waals surface area contributed by atoms with E-state index >= 15 is 14.4 Å². The Morgan fingerprint density at radius 2 is 0.835 bits per heavy atom. The lowest BCUT2D eigenvalue weighted by Gasteiger charge is -2.29. The monoisotopic (exact) mass is 1600 g/mol. The van der Waals surface area contributed by atoms with Gasteiger partial charge in [0.25, 0.3) is 0 Å². The number of hydrogen-bond donors (Lipinski definition) is 22. The van der Waals surface area contributed by atoms with Crippen molar-refractivity contribution in [1.29, 1.82) is 0 Å². The minimum Gasteiger partial charge on any atom is -0.394 e. The number of primary amides is 2. The number of hydrogen-bond acceptors (Lipinski definition) is 21. The average molecular weight is 1600 g/mol. The van der Waals surface area contributed by atoms with Gasteiger partial charge in [-0.15, -0.1) is 0 Å². The molecule has 5 aromatic rings. The molecule has 27 N–H and O–H groups in total. The molecule has 15 amide bonds. The quantitative estimate of drug-likeness (QED) is 0.0181. The van der Waals surface area contributed by atoms with E-state index in [1.165, 1.54) is 19.1 Å². The van der Waals surface area contributed by atoms with Crippen molar-refractivity contribution >= 4 is 99.5 Å². The summed E-state index contributed by atoms with van der Waals surface area (Å²) < 4.78 is 0. The highest BCUT2D eigenvalue weighted by molar-refractivity contribution is 6.01. The Morgan fingerprint density at radius 3 is 1.29 bits per heavy atom. The van der Waals surface area contributed by atoms with Crippen molar-refractivity contribution in [2.45, 2.75) is 195 Å². The molecule has 0 aliphatic carbocycles. The second-order valence-corrected chi connectivity index (χ2v) is 28.0. The predicted octanol–water partition coefficient (Wildman–Crippen LogP) is -5.56. The van der Waals surface area contributed by atoms with E-state index < -0.39 is 212 Å². The highest BCUT2D eigenvalue weighted by Gasteiger charge is 2.39. The molecule has 6 rings (SSSR count). The van der Waals surface area contributed by atoms with Gasteiger partial charge in [-0.05, 0) is 114 Å². The van der Waals surface area contributed by atoms with E-state index in [1.807, 2.05) is 0 Å². The van der Waals surface area contributed by atoms with Crippen molar-refractivity contribution in [2.24, 2.45) is 28.7 Å². The number of aliphatic hydroxyl groups excluding tert-OH is 3. The van der Waals surface area contributed by atoms with Gasteiger partial charge in [-0.2, -0.15) is 0 Å². The lowest BCUT2D eigenvalue weighted by molar-refractivity contribution is -0.138. The number of nitrogens with one attached hydrogen (secondary N) is 14. The maximum atomic E-state index is 15.4. The number of fused-ring (bicyclic) bond motifs is 1. The van der Waals surface area contributed by atoms with Crippen LogP contribution in [0.1, 0.15) is 101 Å². The molecule has 1 aliphatic rings. The minimum atomic E-state index is -1.97. The number of amides is 15. The van der Waals surface area contributed by atoms with Gasteiger partial charge in [0.15, 0.2) is 0 Å². The highest BCUT2D eigenvalue weighted by atomic mass is 16.3. The zero-order chi connectivity index (χ0) is 84.3. The number of unbranched alkanes of at least 4 members (excludes halogenated alkanes) is 2. The second-order valence-electron chi connectivity index (χ2n) is 28.0. The number of carbonyl (C=O) groups excluding carboxylic acids is 15. The summed E-state index contributed by atoms with van der Waals surface area (Å²) in [6, 6.07) is 9.97. The van der Waals surface area contributed by atoms with Crippen LogP contribution in [-0.2, 0) is 97.6 Å². The zero-order valence-electron chi connectivity index (χ0n) is 64.2. The van der Waals surface area contributed by atoms with Crippen molar-refractivity contribution < 1.29 is 87.2 Å². The van der Waals surface area contributed by atoms with Gasteiger partial charge in [-0.3, -0.25) is 71.9 Å². The summed E-state index contributed by atoms with van der Waals surface area (Å²) in [5.74, 6) is -16.1. The molecule has 0 radical (unpaired) electrons. The van der Waals surface area contributed by atoms with Crippen LogP contribution in [0.25, 0.3) is 10.9 Å². The van der Waals surface area contributed by atoms with Crippen LogP contribution in [0.2, 0.25) is 0 Å². The molecule has 0 saturated carbocycles. The van der Waals surface area contributed by atoms with Gasteiger partial charge >= 0.3 is 0 Å². The van der Waals surface area contributed by atoms with Crippen LogP contribution < -0.4 is 97.8 Å². The molecular formula is C78H107N19O18. The van der Waals surface area contributed by atoms with Gasteiger partial charge in [0.1, 0.15) is 72.5 Å². The maximum absolute atomic E-state index is 15.4. The molecule has 37 heteroatoms. The third-order valence-electron chi connectivity index (χ3n) is 18.7. The molecule has 0 saturated heterocycles. The summed E-state index contributed by atoms with van der Waals surface area (Å²) in [6.07, 6.45) is -1.81. The number of aromatic nitrogens is 1. The maximum Gasteiger partial charge on any atom is 0.245 e. The number of H-pyrrole nitrogens is 1. The Morgan fingerprint density at radius 1 is 0.452 bits per heavy atom. The number of para-hydroxylation sites is 1. The topological polar surface area (TPSA) is 619 Å². The molecule has 0 bridgehead atoms. The first-order valence-corrected chi connectivity index (χ1v) is 37.8. The molecule has 37 nitrogen and oxygen atoms in total. The van der Waals surface area contributed by atoms with Crippen LogP contribution in [-0.4, -0.2) is 226 Å². The van der Waals surface area contributed by atoms with Gasteiger partial charge in [-0.25, -0.2) is 0 Å². The molecule has 0 spiro atoms. The SMILES string of the molecule is C[C@H](N)C(=O)NCC(=O)N[C@H]1C/C=C\C[C@@H](C(N)=O)NC(=O)[C@H](CO)NC(=O)[C@H]([C@@H](C)O)NC(=O)[C@H](Cc2ccccc2)NC(=O)[C@H]([C@@H](C)O)NC(=O)[C@H](CCCCN)NC(=O)[C@H](Cc2c[nH]c3ccccc23)NC(=O)[C@H](Cc2ccccc2)NC(=O)[C@H](Cc2ccccc2)NC(=O)[C@H](CC(N)=O)NC(=O)[C@H](CCCCN)NC1=O. The third kappa shape index (κ3) is 30.1. The molecule has 0 unspecified atom stereocenters. The van der Waals surface area contributed by atoms with E-state index in [4.69, 9.17) is 28.7 Å². The first kappa shape index (κ1) is 91.8. The number of benzene rings is 4. The van der Waals surface area contributed by atoms with Gasteiger partial charge in [0.2, 0.25) is 88.6 Å². The molecule has 115 heavy (non-hydrogen) atoms. The summed E-state index contributed by atoms with van der Waals surface area (Å²) in [4.78, 5) is 217. The van der Waals surface area contributed by atoms with Gasteiger partial charge in [0.05, 0.1) is 37.8 Å². The van der Waals surface area contributed by atoms with Gasteiger partial charge < -0.3 is 118 Å². The van der Waals surface area contributed by atoms with Crippen LogP contribution in [0, 0.1) is 0 Å². The smallest absolute Gasteiger partial charge is 0.245 e. The Labute approximate surface area is 663 Å². The van der Waals surface area contributed by atoms with Crippen molar-refractivity contribution in [1.82, 2.24) is 74.1 Å². The van der Waals surface area contributed by atoms with Crippen molar-refractivity contribution in [3.63, 3.8) is 0 Å². The molecule has 4 aromatic carbocycles. The summed E-state index contributed by atoms with van der Waals surface area (Å²) in [5.41, 5.74) is 31.4. The van der Waals surface area contributed by atoms with E-state index in [0.29, 0.717) is 39.6 Å². The Hall–Kier alpha value is -12.0. The number of aromatic amines is 1. The highest BCUT2D eigenvalue weighted by Crippen LogP contribution is 2.21. The lowest BCUT2D eigenvalue weighted by atomic mass is 10.00. The normalized spacial score (nSPS) is 23.9. The largest absolute Gasteiger partial charge is 0.394 e. The molecule has 1 aromatic heterocycles. The lowest BCUT2D eigenvalue weighted by Crippen LogP contribution is -2.63. The predicted molar refractivity (Wildman–Crippen MR) is 420 cm³/mol. The van der Waals surface area contributed by atoms with Crippen LogP contribution >= 0.6 is 0 Å².